The summed E-state index contributed by atoms with van der Waals surface area (Å²) >= 11 is 5.87. The zero-order chi connectivity index (χ0) is 15.0. The first-order chi connectivity index (χ1) is 10.1. The van der Waals surface area contributed by atoms with Crippen molar-refractivity contribution in [1.29, 1.82) is 0 Å². The number of halogens is 1. The maximum absolute atomic E-state index is 12.5. The van der Waals surface area contributed by atoms with Gasteiger partial charge >= 0.3 is 0 Å². The predicted octanol–water partition coefficient (Wildman–Crippen LogP) is 1.32. The van der Waals surface area contributed by atoms with Crippen molar-refractivity contribution < 1.29 is 13.9 Å². The van der Waals surface area contributed by atoms with E-state index in [1.165, 1.54) is 6.26 Å². The van der Waals surface area contributed by atoms with Gasteiger partial charge in [-0.05, 0) is 17.7 Å². The van der Waals surface area contributed by atoms with Crippen LogP contribution >= 0.6 is 11.6 Å². The van der Waals surface area contributed by atoms with Crippen molar-refractivity contribution in [2.24, 2.45) is 7.05 Å². The van der Waals surface area contributed by atoms with Gasteiger partial charge in [-0.2, -0.15) is 0 Å². The minimum Gasteiger partial charge on any atom is -0.452 e. The molecule has 7 nitrogen and oxygen atoms in total. The molecule has 8 heteroatoms. The molecule has 0 unspecified atom stereocenters. The summed E-state index contributed by atoms with van der Waals surface area (Å²) in [6, 6.07) is 1.57. The average Bonchev–Trinajstić information content (AvgIpc) is 3.16. The van der Waals surface area contributed by atoms with E-state index in [1.807, 2.05) is 6.20 Å². The van der Waals surface area contributed by atoms with Crippen molar-refractivity contribution in [2.75, 3.05) is 20.2 Å². The van der Waals surface area contributed by atoms with Crippen LogP contribution in [0.2, 0.25) is 5.22 Å². The Bertz CT molecular complexity index is 653. The number of carbonyl (C=O) groups is 1. The van der Waals surface area contributed by atoms with Gasteiger partial charge < -0.3 is 14.1 Å². The zero-order valence-electron chi connectivity index (χ0n) is 11.7. The van der Waals surface area contributed by atoms with Crippen LogP contribution in [0.3, 0.4) is 0 Å². The molecule has 1 fully saturated rings. The lowest BCUT2D eigenvalue weighted by Crippen LogP contribution is -2.29. The van der Waals surface area contributed by atoms with E-state index < -0.39 is 0 Å². The number of hydrogen-bond acceptors (Lipinski definition) is 5. The van der Waals surface area contributed by atoms with Gasteiger partial charge in [-0.3, -0.25) is 9.48 Å². The minimum atomic E-state index is -0.165. The third-order valence-corrected chi connectivity index (χ3v) is 4.00. The van der Waals surface area contributed by atoms with Crippen LogP contribution in [0.1, 0.15) is 22.0 Å². The Kier molecular flexibility index (Phi) is 3.69. The summed E-state index contributed by atoms with van der Waals surface area (Å²) in [5, 5.41) is 8.16. The fraction of sp³-hybridized carbons (Fsp3) is 0.462. The second-order valence-corrected chi connectivity index (χ2v) is 5.36. The molecule has 2 aromatic heterocycles. The van der Waals surface area contributed by atoms with Crippen molar-refractivity contribution >= 4 is 17.5 Å². The highest BCUT2D eigenvalue weighted by Crippen LogP contribution is 2.30. The molecule has 0 bridgehead atoms. The normalized spacial score (nSPS) is 22.0. The molecule has 21 heavy (non-hydrogen) atoms. The van der Waals surface area contributed by atoms with Crippen molar-refractivity contribution in [3.05, 3.63) is 35.0 Å². The average molecular weight is 311 g/mol. The van der Waals surface area contributed by atoms with E-state index in [9.17, 15) is 4.79 Å². The van der Waals surface area contributed by atoms with Crippen molar-refractivity contribution in [3.8, 4) is 0 Å². The summed E-state index contributed by atoms with van der Waals surface area (Å²) in [7, 11) is 3.44. The van der Waals surface area contributed by atoms with Crippen LogP contribution < -0.4 is 0 Å². The van der Waals surface area contributed by atoms with Crippen LogP contribution in [0.25, 0.3) is 0 Å². The number of furan rings is 1. The van der Waals surface area contributed by atoms with Gasteiger partial charge in [0.25, 0.3) is 5.91 Å². The summed E-state index contributed by atoms with van der Waals surface area (Å²) in [6.45, 7) is 0.996. The molecule has 112 valence electrons. The van der Waals surface area contributed by atoms with Gasteiger partial charge in [0.15, 0.2) is 0 Å². The Morgan fingerprint density at radius 2 is 2.33 bits per heavy atom. The molecule has 0 radical (unpaired) electrons. The molecule has 3 heterocycles. The van der Waals surface area contributed by atoms with E-state index in [4.69, 9.17) is 20.8 Å². The van der Waals surface area contributed by atoms with E-state index in [0.717, 1.165) is 5.69 Å². The van der Waals surface area contributed by atoms with Crippen LogP contribution in [-0.4, -0.2) is 52.1 Å². The number of carbonyl (C=O) groups excluding carboxylic acids is 1. The Labute approximate surface area is 126 Å². The first kappa shape index (κ1) is 14.1. The largest absolute Gasteiger partial charge is 0.452 e. The summed E-state index contributed by atoms with van der Waals surface area (Å²) in [4.78, 5) is 14.2. The number of rotatable bonds is 3. The van der Waals surface area contributed by atoms with Gasteiger partial charge in [0.05, 0.1) is 29.5 Å². The Hall–Kier alpha value is -1.86. The van der Waals surface area contributed by atoms with Crippen LogP contribution in [0, 0.1) is 0 Å². The Balaban J connectivity index is 1.81. The first-order valence-corrected chi connectivity index (χ1v) is 6.89. The quantitative estimate of drug-likeness (QED) is 0.854. The highest BCUT2D eigenvalue weighted by Gasteiger charge is 2.38. The molecule has 0 aromatic carbocycles. The Morgan fingerprint density at radius 3 is 2.90 bits per heavy atom. The fourth-order valence-electron chi connectivity index (χ4n) is 2.61. The summed E-state index contributed by atoms with van der Waals surface area (Å²) in [5.41, 5.74) is 1.18. The molecule has 1 aliphatic heterocycles. The predicted molar refractivity (Wildman–Crippen MR) is 74.2 cm³/mol. The van der Waals surface area contributed by atoms with Crippen molar-refractivity contribution in [1.82, 2.24) is 19.9 Å². The second kappa shape index (κ2) is 5.50. The van der Waals surface area contributed by atoms with E-state index in [0.29, 0.717) is 18.7 Å². The van der Waals surface area contributed by atoms with Crippen LogP contribution in [0.15, 0.2) is 22.9 Å². The molecule has 0 saturated carbocycles. The van der Waals surface area contributed by atoms with Crippen molar-refractivity contribution in [2.45, 2.75) is 12.0 Å². The van der Waals surface area contributed by atoms with Crippen molar-refractivity contribution in [3.63, 3.8) is 0 Å². The topological polar surface area (TPSA) is 73.4 Å². The van der Waals surface area contributed by atoms with Crippen LogP contribution in [0.4, 0.5) is 0 Å². The molecular formula is C13H15ClN4O3. The molecule has 0 N–H and O–H groups in total. The summed E-state index contributed by atoms with van der Waals surface area (Å²) < 4.78 is 12.1. The first-order valence-electron chi connectivity index (χ1n) is 6.51. The van der Waals surface area contributed by atoms with Crippen LogP contribution in [0.5, 0.6) is 0 Å². The number of methoxy groups -OCH3 is 1. The number of amides is 1. The molecule has 1 saturated heterocycles. The number of nitrogens with zero attached hydrogens (tertiary/aromatic N) is 4. The fourth-order valence-corrected chi connectivity index (χ4v) is 2.81. The minimum absolute atomic E-state index is 0.00155. The maximum atomic E-state index is 12.5. The molecule has 1 aliphatic rings. The van der Waals surface area contributed by atoms with E-state index in [-0.39, 0.29) is 23.1 Å². The van der Waals surface area contributed by atoms with Gasteiger partial charge in [-0.15, -0.1) is 5.10 Å². The SMILES string of the molecule is CO[C@@H]1CN(C(=O)c2ccoc2Cl)C[C@H]1c1cn(C)nn1. The van der Waals surface area contributed by atoms with Gasteiger partial charge in [-0.1, -0.05) is 5.21 Å². The summed E-state index contributed by atoms with van der Waals surface area (Å²) in [6.07, 6.45) is 3.13. The van der Waals surface area contributed by atoms with Gasteiger partial charge in [0.1, 0.15) is 0 Å². The third kappa shape index (κ3) is 2.54. The molecule has 2 aromatic rings. The number of aromatic nitrogens is 3. The summed E-state index contributed by atoms with van der Waals surface area (Å²) in [5.74, 6) is -0.166. The lowest BCUT2D eigenvalue weighted by molar-refractivity contribution is 0.0714. The number of hydrogen-bond donors (Lipinski definition) is 0. The zero-order valence-corrected chi connectivity index (χ0v) is 12.4. The molecule has 0 spiro atoms. The monoisotopic (exact) mass is 310 g/mol. The molecule has 1 amide bonds. The lowest BCUT2D eigenvalue weighted by atomic mass is 10.0. The smallest absolute Gasteiger partial charge is 0.258 e. The van der Waals surface area contributed by atoms with Crippen LogP contribution in [-0.2, 0) is 11.8 Å². The molecule has 0 aliphatic carbocycles. The standard InChI is InChI=1S/C13H15ClN4O3/c1-17-6-10(15-16-17)9-5-18(7-11(9)20-2)13(19)8-3-4-21-12(8)14/h3-4,6,9,11H,5,7H2,1-2H3/t9-,11+/m0/s1. The van der Waals surface area contributed by atoms with E-state index >= 15 is 0 Å². The van der Waals surface area contributed by atoms with E-state index in [1.54, 1.807) is 29.8 Å². The number of ether oxygens (including phenoxy) is 1. The highest BCUT2D eigenvalue weighted by atomic mass is 35.5. The number of aryl methyl sites for hydroxylation is 1. The van der Waals surface area contributed by atoms with E-state index in [2.05, 4.69) is 10.3 Å². The third-order valence-electron chi connectivity index (χ3n) is 3.70. The Morgan fingerprint density at radius 1 is 1.52 bits per heavy atom. The highest BCUT2D eigenvalue weighted by molar-refractivity contribution is 6.32. The lowest BCUT2D eigenvalue weighted by Gasteiger charge is -2.14. The molecule has 3 rings (SSSR count). The number of likely N-dealkylation sites (tertiary alicyclic amines) is 1. The van der Waals surface area contributed by atoms with Gasteiger partial charge in [0.2, 0.25) is 5.22 Å². The second-order valence-electron chi connectivity index (χ2n) is 5.02. The maximum Gasteiger partial charge on any atom is 0.258 e. The molecule has 2 atom stereocenters. The van der Waals surface area contributed by atoms with Gasteiger partial charge in [-0.25, -0.2) is 0 Å². The van der Waals surface area contributed by atoms with Gasteiger partial charge in [0, 0.05) is 33.4 Å². The molecular weight excluding hydrogens is 296 g/mol.